The van der Waals surface area contributed by atoms with Crippen LogP contribution < -0.4 is 15.8 Å². The van der Waals surface area contributed by atoms with E-state index in [0.717, 1.165) is 29.2 Å². The minimum Gasteiger partial charge on any atom is -0.493 e. The van der Waals surface area contributed by atoms with Gasteiger partial charge in [-0.3, -0.25) is 0 Å². The molecule has 3 N–H and O–H groups in total. The fourth-order valence-electron chi connectivity index (χ4n) is 3.31. The number of fused-ring (bicyclic) bond motifs is 1. The maximum absolute atomic E-state index is 6.14. The van der Waals surface area contributed by atoms with Crippen LogP contribution in [0.5, 0.6) is 5.75 Å². The zero-order chi connectivity index (χ0) is 16.5. The molecule has 3 atom stereocenters. The van der Waals surface area contributed by atoms with Crippen molar-refractivity contribution in [1.82, 2.24) is 5.32 Å². The molecule has 25 heavy (non-hydrogen) atoms. The van der Waals surface area contributed by atoms with Gasteiger partial charge in [-0.1, -0.05) is 41.9 Å². The minimum atomic E-state index is 0. The molecule has 1 heterocycles. The molecule has 1 saturated carbocycles. The smallest absolute Gasteiger partial charge is 0.189 e. The molecule has 0 saturated heterocycles. The molecule has 1 unspecified atom stereocenters. The zero-order valence-corrected chi connectivity index (χ0v) is 16.8. The van der Waals surface area contributed by atoms with Gasteiger partial charge in [-0.15, -0.1) is 24.0 Å². The average molecular weight is 470 g/mol. The number of halogens is 2. The molecule has 1 fully saturated rings. The lowest BCUT2D eigenvalue weighted by atomic mass is 10.0. The summed E-state index contributed by atoms with van der Waals surface area (Å²) >= 11 is 6.07. The van der Waals surface area contributed by atoms with Crippen molar-refractivity contribution >= 4 is 41.5 Å². The van der Waals surface area contributed by atoms with Crippen molar-refractivity contribution < 1.29 is 4.74 Å². The van der Waals surface area contributed by atoms with Crippen molar-refractivity contribution in [2.45, 2.75) is 30.8 Å². The summed E-state index contributed by atoms with van der Waals surface area (Å²) in [5, 5.41) is 4.12. The molecule has 0 bridgehead atoms. The van der Waals surface area contributed by atoms with Crippen LogP contribution in [-0.2, 0) is 0 Å². The van der Waals surface area contributed by atoms with E-state index in [0.29, 0.717) is 24.5 Å². The van der Waals surface area contributed by atoms with Gasteiger partial charge in [0.1, 0.15) is 5.75 Å². The number of para-hydroxylation sites is 1. The summed E-state index contributed by atoms with van der Waals surface area (Å²) in [5.74, 6) is 1.87. The van der Waals surface area contributed by atoms with Gasteiger partial charge < -0.3 is 15.8 Å². The number of benzene rings is 2. The number of nitrogens with two attached hydrogens (primary N) is 1. The monoisotopic (exact) mass is 469 g/mol. The van der Waals surface area contributed by atoms with E-state index in [1.54, 1.807) is 0 Å². The van der Waals surface area contributed by atoms with Crippen molar-refractivity contribution in [1.29, 1.82) is 0 Å². The van der Waals surface area contributed by atoms with E-state index in [2.05, 4.69) is 22.4 Å². The predicted molar refractivity (Wildman–Crippen MR) is 112 cm³/mol. The number of nitrogens with one attached hydrogen (secondary N) is 1. The number of aliphatic imine (C=N–C) groups is 1. The third-order valence-electron chi connectivity index (χ3n) is 4.62. The van der Waals surface area contributed by atoms with E-state index < -0.39 is 0 Å². The van der Waals surface area contributed by atoms with Crippen LogP contribution in [0.2, 0.25) is 5.02 Å². The second-order valence-electron chi connectivity index (χ2n) is 6.35. The molecular weight excluding hydrogens is 449 g/mol. The Morgan fingerprint density at radius 3 is 2.88 bits per heavy atom. The summed E-state index contributed by atoms with van der Waals surface area (Å²) < 4.78 is 5.67. The summed E-state index contributed by atoms with van der Waals surface area (Å²) in [5.41, 5.74) is 8.51. The number of guanidine groups is 1. The lowest BCUT2D eigenvalue weighted by Crippen LogP contribution is -2.35. The van der Waals surface area contributed by atoms with Gasteiger partial charge in [-0.2, -0.15) is 0 Å². The number of rotatable bonds is 3. The Bertz CT molecular complexity index is 783. The summed E-state index contributed by atoms with van der Waals surface area (Å²) in [4.78, 5) is 4.68. The van der Waals surface area contributed by atoms with Crippen LogP contribution >= 0.6 is 35.6 Å². The molecule has 4 nitrogen and oxygen atoms in total. The number of hydrogen-bond acceptors (Lipinski definition) is 2. The van der Waals surface area contributed by atoms with E-state index in [1.165, 1.54) is 5.56 Å². The van der Waals surface area contributed by atoms with Crippen molar-refractivity contribution in [3.63, 3.8) is 0 Å². The summed E-state index contributed by atoms with van der Waals surface area (Å²) in [7, 11) is 0. The molecule has 0 radical (unpaired) electrons. The normalized spacial score (nSPS) is 24.5. The van der Waals surface area contributed by atoms with Gasteiger partial charge in [0, 0.05) is 29.0 Å². The second-order valence-corrected chi connectivity index (χ2v) is 6.79. The van der Waals surface area contributed by atoms with Gasteiger partial charge in [0.05, 0.1) is 12.6 Å². The van der Waals surface area contributed by atoms with Gasteiger partial charge in [0.2, 0.25) is 0 Å². The number of ether oxygens (including phenoxy) is 1. The fraction of sp³-hybridized carbons (Fsp3) is 0.316. The molecular formula is C19H21ClIN3O. The van der Waals surface area contributed by atoms with Gasteiger partial charge in [0.15, 0.2) is 5.96 Å². The van der Waals surface area contributed by atoms with Gasteiger partial charge in [0.25, 0.3) is 0 Å². The Balaban J connectivity index is 0.00000182. The lowest BCUT2D eigenvalue weighted by Gasteiger charge is -2.23. The maximum Gasteiger partial charge on any atom is 0.189 e. The Morgan fingerprint density at radius 2 is 2.04 bits per heavy atom. The van der Waals surface area contributed by atoms with Gasteiger partial charge >= 0.3 is 0 Å². The molecule has 2 aromatic carbocycles. The van der Waals surface area contributed by atoms with E-state index in [1.807, 2.05) is 36.4 Å². The van der Waals surface area contributed by atoms with Crippen LogP contribution in [0, 0.1) is 0 Å². The average Bonchev–Trinajstić information content (AvgIpc) is 3.34. The van der Waals surface area contributed by atoms with Crippen LogP contribution in [0.3, 0.4) is 0 Å². The summed E-state index contributed by atoms with van der Waals surface area (Å²) in [6, 6.07) is 16.4. The molecule has 4 rings (SSSR count). The third kappa shape index (κ3) is 4.20. The Kier molecular flexibility index (Phi) is 5.74. The Morgan fingerprint density at radius 1 is 1.20 bits per heavy atom. The number of hydrogen-bond donors (Lipinski definition) is 2. The number of nitrogens with zero attached hydrogens (tertiary/aromatic N) is 1. The largest absolute Gasteiger partial charge is 0.493 e. The lowest BCUT2D eigenvalue weighted by molar-refractivity contribution is 0.269. The van der Waals surface area contributed by atoms with Gasteiger partial charge in [-0.05, 0) is 30.2 Å². The molecule has 0 amide bonds. The van der Waals surface area contributed by atoms with Gasteiger partial charge in [-0.25, -0.2) is 4.99 Å². The zero-order valence-electron chi connectivity index (χ0n) is 13.7. The topological polar surface area (TPSA) is 59.6 Å². The van der Waals surface area contributed by atoms with Crippen molar-refractivity contribution in [2.75, 3.05) is 6.61 Å². The SMILES string of the molecule is I.NC(=NC1CCOc2ccccc21)N[C@@H]1C[C@H]1c1cccc(Cl)c1. The second kappa shape index (κ2) is 7.83. The van der Waals surface area contributed by atoms with E-state index in [9.17, 15) is 0 Å². The van der Waals surface area contributed by atoms with Crippen molar-refractivity contribution in [3.05, 3.63) is 64.7 Å². The van der Waals surface area contributed by atoms with Crippen LogP contribution in [0.25, 0.3) is 0 Å². The first kappa shape index (κ1) is 18.3. The summed E-state index contributed by atoms with van der Waals surface area (Å²) in [6.07, 6.45) is 1.91. The molecule has 1 aliphatic carbocycles. The Hall–Kier alpha value is -1.47. The first-order valence-corrected chi connectivity index (χ1v) is 8.65. The molecule has 132 valence electrons. The fourth-order valence-corrected chi connectivity index (χ4v) is 3.51. The Labute approximate surface area is 169 Å². The highest BCUT2D eigenvalue weighted by Crippen LogP contribution is 2.41. The molecule has 0 spiro atoms. The van der Waals surface area contributed by atoms with E-state index in [4.69, 9.17) is 22.1 Å². The predicted octanol–water partition coefficient (Wildman–Crippen LogP) is 4.24. The molecule has 0 aromatic heterocycles. The standard InChI is InChI=1S/C19H20ClN3O.HI/c20-13-5-3-4-12(10-13)15-11-17(15)23-19(21)22-16-8-9-24-18-7-2-1-6-14(16)18;/h1-7,10,15-17H,8-9,11H2,(H3,21,22,23);1H/t15-,16?,17+;/m0./s1. The van der Waals surface area contributed by atoms with Crippen LogP contribution in [0.4, 0.5) is 0 Å². The summed E-state index contributed by atoms with van der Waals surface area (Å²) in [6.45, 7) is 0.674. The van der Waals surface area contributed by atoms with Crippen molar-refractivity contribution in [2.24, 2.45) is 10.7 Å². The molecule has 6 heteroatoms. The quantitative estimate of drug-likeness (QED) is 0.402. The minimum absolute atomic E-state index is 0. The first-order chi connectivity index (χ1) is 11.7. The third-order valence-corrected chi connectivity index (χ3v) is 4.86. The molecule has 2 aliphatic rings. The maximum atomic E-state index is 6.14. The van der Waals surface area contributed by atoms with Crippen LogP contribution in [0.15, 0.2) is 53.5 Å². The molecule has 1 aliphatic heterocycles. The molecule has 2 aromatic rings. The van der Waals surface area contributed by atoms with Crippen LogP contribution in [0.1, 0.15) is 35.9 Å². The highest BCUT2D eigenvalue weighted by atomic mass is 127. The van der Waals surface area contributed by atoms with E-state index >= 15 is 0 Å². The van der Waals surface area contributed by atoms with Crippen molar-refractivity contribution in [3.8, 4) is 5.75 Å². The highest BCUT2D eigenvalue weighted by molar-refractivity contribution is 14.0. The van der Waals surface area contributed by atoms with E-state index in [-0.39, 0.29) is 30.0 Å². The first-order valence-electron chi connectivity index (χ1n) is 8.28. The highest BCUT2D eigenvalue weighted by Gasteiger charge is 2.39. The van der Waals surface area contributed by atoms with Crippen LogP contribution in [-0.4, -0.2) is 18.6 Å².